The maximum atomic E-state index is 12.2. The molecule has 0 fully saturated rings. The monoisotopic (exact) mass is 510 g/mol. The zero-order valence-corrected chi connectivity index (χ0v) is 19.9. The molecule has 0 aliphatic rings. The number of esters is 2. The van der Waals surface area contributed by atoms with E-state index in [0.717, 1.165) is 14.2 Å². The summed E-state index contributed by atoms with van der Waals surface area (Å²) in [4.78, 5) is 77.8. The van der Waals surface area contributed by atoms with Gasteiger partial charge in [0.15, 0.2) is 11.2 Å². The van der Waals surface area contributed by atoms with Gasteiger partial charge < -0.3 is 20.1 Å². The molecule has 37 heavy (non-hydrogen) atoms. The number of fused-ring (bicyclic) bond motifs is 1. The van der Waals surface area contributed by atoms with Crippen molar-refractivity contribution in [3.05, 3.63) is 46.5 Å². The van der Waals surface area contributed by atoms with E-state index >= 15 is 0 Å². The quantitative estimate of drug-likeness (QED) is 0.246. The molecule has 0 radical (unpaired) electrons. The van der Waals surface area contributed by atoms with Crippen molar-refractivity contribution in [1.82, 2.24) is 25.3 Å². The molecular formula is C22H22N8O7. The van der Waals surface area contributed by atoms with Crippen LogP contribution < -0.4 is 21.5 Å². The zero-order chi connectivity index (χ0) is 26.9. The first-order valence-corrected chi connectivity index (χ1v) is 10.6. The van der Waals surface area contributed by atoms with Gasteiger partial charge in [-0.25, -0.2) is 19.6 Å². The fourth-order valence-electron chi connectivity index (χ4n) is 2.90. The molecule has 1 atom stereocenters. The average Bonchev–Trinajstić information content (AvgIpc) is 2.87. The van der Waals surface area contributed by atoms with Gasteiger partial charge >= 0.3 is 18.0 Å². The van der Waals surface area contributed by atoms with Crippen LogP contribution in [0.4, 0.5) is 22.1 Å². The largest absolute Gasteiger partial charge is 0.469 e. The van der Waals surface area contributed by atoms with Crippen molar-refractivity contribution in [2.75, 3.05) is 24.9 Å². The highest BCUT2D eigenvalue weighted by Crippen LogP contribution is 2.16. The van der Waals surface area contributed by atoms with Crippen LogP contribution in [0.1, 0.15) is 19.0 Å². The number of aromatic amines is 1. The van der Waals surface area contributed by atoms with Crippen molar-refractivity contribution < 1.29 is 28.7 Å². The topological polar surface area (TPSA) is 207 Å². The maximum absolute atomic E-state index is 12.2. The van der Waals surface area contributed by atoms with E-state index in [1.54, 1.807) is 24.3 Å². The Morgan fingerprint density at radius 2 is 1.81 bits per heavy atom. The average molecular weight is 510 g/mol. The summed E-state index contributed by atoms with van der Waals surface area (Å²) in [6.07, 6.45) is 2.36. The molecule has 1 aromatic carbocycles. The number of nitrogens with zero attached hydrogens (tertiary/aromatic N) is 4. The van der Waals surface area contributed by atoms with Crippen molar-refractivity contribution in [2.45, 2.75) is 19.4 Å². The first kappa shape index (κ1) is 26.4. The number of rotatable bonds is 8. The summed E-state index contributed by atoms with van der Waals surface area (Å²) in [6.45, 7) is 1.28. The molecule has 0 bridgehead atoms. The normalized spacial score (nSPS) is 11.5. The van der Waals surface area contributed by atoms with Crippen molar-refractivity contribution >= 4 is 58.6 Å². The fourth-order valence-corrected chi connectivity index (χ4v) is 2.90. The van der Waals surface area contributed by atoms with E-state index in [0.29, 0.717) is 11.4 Å². The Kier molecular flexibility index (Phi) is 8.54. The summed E-state index contributed by atoms with van der Waals surface area (Å²) < 4.78 is 9.10. The molecule has 0 aliphatic carbocycles. The SMILES string of the molecule is COC(=O)C[C@H](NC(=O)Nc1ccc(N=Cc2cnc3nc(NC(C)=O)[nH]c(=O)c3n2)cc1)C(=O)OC. The summed E-state index contributed by atoms with van der Waals surface area (Å²) in [7, 11) is 2.29. The number of methoxy groups -OCH3 is 2. The molecule has 2 aromatic heterocycles. The third-order valence-corrected chi connectivity index (χ3v) is 4.59. The lowest BCUT2D eigenvalue weighted by atomic mass is 10.2. The van der Waals surface area contributed by atoms with Crippen LogP contribution in [-0.2, 0) is 23.9 Å². The van der Waals surface area contributed by atoms with Gasteiger partial charge in [-0.2, -0.15) is 4.98 Å². The minimum atomic E-state index is -1.22. The molecule has 3 aromatic rings. The van der Waals surface area contributed by atoms with Crippen molar-refractivity contribution in [3.8, 4) is 0 Å². The molecule has 2 heterocycles. The van der Waals surface area contributed by atoms with E-state index in [1.807, 2.05) is 0 Å². The predicted molar refractivity (Wildman–Crippen MR) is 131 cm³/mol. The second-order valence-electron chi connectivity index (χ2n) is 7.32. The number of ether oxygens (including phenoxy) is 2. The summed E-state index contributed by atoms with van der Waals surface area (Å²) in [5, 5.41) is 7.25. The molecule has 15 heteroatoms. The van der Waals surface area contributed by atoms with Crippen LogP contribution in [0.3, 0.4) is 0 Å². The van der Waals surface area contributed by atoms with Crippen molar-refractivity contribution in [2.24, 2.45) is 4.99 Å². The third kappa shape index (κ3) is 7.38. The lowest BCUT2D eigenvalue weighted by molar-refractivity contribution is -0.149. The number of urea groups is 1. The van der Waals surface area contributed by atoms with E-state index in [2.05, 4.69) is 50.4 Å². The van der Waals surface area contributed by atoms with Gasteiger partial charge in [0.1, 0.15) is 11.7 Å². The molecule has 0 saturated heterocycles. The third-order valence-electron chi connectivity index (χ3n) is 4.59. The minimum Gasteiger partial charge on any atom is -0.469 e. The van der Waals surface area contributed by atoms with Gasteiger partial charge in [0.2, 0.25) is 11.9 Å². The Morgan fingerprint density at radius 1 is 1.08 bits per heavy atom. The number of carbonyl (C=O) groups is 4. The van der Waals surface area contributed by atoms with Crippen LogP contribution in [0.5, 0.6) is 0 Å². The van der Waals surface area contributed by atoms with Crippen LogP contribution in [-0.4, -0.2) is 70.3 Å². The Balaban J connectivity index is 1.65. The molecule has 4 N–H and O–H groups in total. The first-order valence-electron chi connectivity index (χ1n) is 10.6. The number of benzene rings is 1. The Hall–Kier alpha value is -5.21. The van der Waals surface area contributed by atoms with Gasteiger partial charge in [-0.05, 0) is 24.3 Å². The van der Waals surface area contributed by atoms with Crippen LogP contribution >= 0.6 is 0 Å². The molecular weight excluding hydrogens is 488 g/mol. The maximum Gasteiger partial charge on any atom is 0.329 e. The van der Waals surface area contributed by atoms with Gasteiger partial charge in [0, 0.05) is 12.6 Å². The number of aromatic nitrogens is 4. The van der Waals surface area contributed by atoms with E-state index in [1.165, 1.54) is 19.3 Å². The van der Waals surface area contributed by atoms with Gasteiger partial charge in [0.05, 0.1) is 38.7 Å². The van der Waals surface area contributed by atoms with Crippen LogP contribution in [0.15, 0.2) is 40.2 Å². The number of nitrogens with one attached hydrogen (secondary N) is 4. The van der Waals surface area contributed by atoms with Crippen LogP contribution in [0.25, 0.3) is 11.2 Å². The smallest absolute Gasteiger partial charge is 0.329 e. The number of hydrogen-bond acceptors (Lipinski definition) is 11. The molecule has 3 rings (SSSR count). The van der Waals surface area contributed by atoms with Gasteiger partial charge in [0.25, 0.3) is 5.56 Å². The molecule has 0 saturated carbocycles. The molecule has 3 amide bonds. The Labute approximate surface area is 208 Å². The molecule has 0 spiro atoms. The van der Waals surface area contributed by atoms with Crippen LogP contribution in [0, 0.1) is 0 Å². The summed E-state index contributed by atoms with van der Waals surface area (Å²) in [6, 6.07) is 4.36. The second-order valence-corrected chi connectivity index (χ2v) is 7.32. The predicted octanol–water partition coefficient (Wildman–Crippen LogP) is 0.648. The number of aliphatic imine (C=N–C) groups is 1. The number of hydrogen-bond donors (Lipinski definition) is 4. The number of carbonyl (C=O) groups excluding carboxylic acids is 4. The highest BCUT2D eigenvalue weighted by Gasteiger charge is 2.25. The van der Waals surface area contributed by atoms with E-state index < -0.39 is 35.5 Å². The Morgan fingerprint density at radius 3 is 2.46 bits per heavy atom. The number of amides is 3. The van der Waals surface area contributed by atoms with Crippen molar-refractivity contribution in [3.63, 3.8) is 0 Å². The fraction of sp³-hybridized carbons (Fsp3) is 0.227. The molecule has 0 aliphatic heterocycles. The zero-order valence-electron chi connectivity index (χ0n) is 19.9. The highest BCUT2D eigenvalue weighted by atomic mass is 16.5. The minimum absolute atomic E-state index is 0.0268. The second kappa shape index (κ2) is 12.0. The molecule has 15 nitrogen and oxygen atoms in total. The van der Waals surface area contributed by atoms with E-state index in [-0.39, 0.29) is 29.2 Å². The van der Waals surface area contributed by atoms with E-state index in [4.69, 9.17) is 0 Å². The Bertz CT molecular complexity index is 1420. The van der Waals surface area contributed by atoms with Gasteiger partial charge in [-0.3, -0.25) is 29.7 Å². The van der Waals surface area contributed by atoms with Gasteiger partial charge in [-0.1, -0.05) is 0 Å². The number of H-pyrrole nitrogens is 1. The first-order chi connectivity index (χ1) is 17.7. The standard InChI is InChI=1S/C22H22N8O7/c1-11(31)25-21-29-18-17(19(33)30-21)26-14(10-24-18)9-23-12-4-6-13(7-5-12)27-22(35)28-15(20(34)37-3)8-16(32)36-2/h4-7,9-10,15H,8H2,1-3H3,(H2,27,28,35)(H2,24,25,29,30,31,33)/t15-/m0/s1. The number of anilines is 2. The highest BCUT2D eigenvalue weighted by molar-refractivity contribution is 5.94. The summed E-state index contributed by atoms with van der Waals surface area (Å²) in [5.41, 5.74) is 0.620. The van der Waals surface area contributed by atoms with Crippen molar-refractivity contribution in [1.29, 1.82) is 0 Å². The summed E-state index contributed by atoms with van der Waals surface area (Å²) >= 11 is 0. The lowest BCUT2D eigenvalue weighted by Gasteiger charge is -2.16. The summed E-state index contributed by atoms with van der Waals surface area (Å²) in [5.74, 6) is -1.92. The van der Waals surface area contributed by atoms with E-state index in [9.17, 15) is 24.0 Å². The van der Waals surface area contributed by atoms with Crippen LogP contribution in [0.2, 0.25) is 0 Å². The molecule has 0 unspecified atom stereocenters. The lowest BCUT2D eigenvalue weighted by Crippen LogP contribution is -2.45. The molecule has 192 valence electrons. The van der Waals surface area contributed by atoms with Gasteiger partial charge in [-0.15, -0.1) is 0 Å².